The van der Waals surface area contributed by atoms with Crippen molar-refractivity contribution >= 4 is 39.9 Å². The summed E-state index contributed by atoms with van der Waals surface area (Å²) in [6, 6.07) is 7.31. The lowest BCUT2D eigenvalue weighted by Gasteiger charge is -2.44. The van der Waals surface area contributed by atoms with Gasteiger partial charge in [-0.15, -0.1) is 0 Å². The average Bonchev–Trinajstić information content (AvgIpc) is 3.16. The maximum absolute atomic E-state index is 14.6. The van der Waals surface area contributed by atoms with Crippen molar-refractivity contribution < 1.29 is 18.0 Å². The number of hydrogen-bond donors (Lipinski definition) is 1. The van der Waals surface area contributed by atoms with Crippen molar-refractivity contribution in [3.63, 3.8) is 0 Å². The van der Waals surface area contributed by atoms with Gasteiger partial charge in [-0.2, -0.15) is 0 Å². The van der Waals surface area contributed by atoms with Gasteiger partial charge in [-0.25, -0.2) is 13.2 Å². The smallest absolute Gasteiger partial charge is 0.256 e. The van der Waals surface area contributed by atoms with E-state index in [-0.39, 0.29) is 23.0 Å². The van der Waals surface area contributed by atoms with Gasteiger partial charge in [0.25, 0.3) is 5.91 Å². The summed E-state index contributed by atoms with van der Waals surface area (Å²) in [7, 11) is 4.14. The summed E-state index contributed by atoms with van der Waals surface area (Å²) in [5.74, 6) is -3.30. The van der Waals surface area contributed by atoms with Gasteiger partial charge in [-0.05, 0) is 73.4 Å². The Kier molecular flexibility index (Phi) is 6.45. The molecule has 2 aromatic rings. The molecule has 5 nitrogen and oxygen atoms in total. The van der Waals surface area contributed by atoms with E-state index in [1.165, 1.54) is 18.2 Å². The number of nitrogens with one attached hydrogen (secondary N) is 1. The molecule has 0 spiro atoms. The van der Waals surface area contributed by atoms with Crippen LogP contribution in [0.1, 0.15) is 16.8 Å². The van der Waals surface area contributed by atoms with Gasteiger partial charge in [0.05, 0.1) is 16.9 Å². The molecular weight excluding hydrogens is 520 g/mol. The van der Waals surface area contributed by atoms with Crippen LogP contribution in [0.2, 0.25) is 0 Å². The molecule has 2 fully saturated rings. The molecular formula is C22H24F3IN4O. The predicted octanol–water partition coefficient (Wildman–Crippen LogP) is 3.91. The molecule has 31 heavy (non-hydrogen) atoms. The molecule has 166 valence electrons. The van der Waals surface area contributed by atoms with Crippen LogP contribution >= 0.6 is 22.6 Å². The number of anilines is 2. The van der Waals surface area contributed by atoms with Gasteiger partial charge in [0.15, 0.2) is 11.6 Å². The van der Waals surface area contributed by atoms with E-state index in [1.807, 2.05) is 22.6 Å². The quantitative estimate of drug-likeness (QED) is 0.580. The SMILES string of the molecule is CN(C)C1CCN(C2CN(C(=O)c3ccc(F)c(F)c3Nc3ccc(I)cc3F)C2)C1. The van der Waals surface area contributed by atoms with Crippen molar-refractivity contribution in [1.82, 2.24) is 14.7 Å². The van der Waals surface area contributed by atoms with Crippen LogP contribution in [0.4, 0.5) is 24.5 Å². The summed E-state index contributed by atoms with van der Waals surface area (Å²) >= 11 is 1.96. The van der Waals surface area contributed by atoms with Gasteiger partial charge in [-0.1, -0.05) is 0 Å². The zero-order valence-electron chi connectivity index (χ0n) is 17.3. The second-order valence-corrected chi connectivity index (χ2v) is 9.54. The molecule has 4 rings (SSSR count). The highest BCUT2D eigenvalue weighted by atomic mass is 127. The molecule has 1 atom stereocenters. The number of halogens is 4. The Morgan fingerprint density at radius 2 is 1.84 bits per heavy atom. The van der Waals surface area contributed by atoms with E-state index in [0.29, 0.717) is 22.7 Å². The van der Waals surface area contributed by atoms with E-state index >= 15 is 0 Å². The standard InChI is InChI=1S/C22H24F3IN4O/c1-28(2)14-7-8-29(10-14)15-11-30(12-15)22(31)16-4-5-17(23)20(25)21(16)27-19-6-3-13(26)9-18(19)24/h3-6,9,14-15,27H,7-8,10-12H2,1-2H3. The van der Waals surface area contributed by atoms with Crippen molar-refractivity contribution in [2.24, 2.45) is 0 Å². The fourth-order valence-electron chi connectivity index (χ4n) is 4.12. The molecule has 2 aliphatic heterocycles. The minimum absolute atomic E-state index is 0.0112. The number of benzene rings is 2. The van der Waals surface area contributed by atoms with E-state index in [0.717, 1.165) is 25.6 Å². The largest absolute Gasteiger partial charge is 0.350 e. The molecule has 1 amide bonds. The summed E-state index contributed by atoms with van der Waals surface area (Å²) < 4.78 is 43.4. The second kappa shape index (κ2) is 8.95. The van der Waals surface area contributed by atoms with E-state index in [1.54, 1.807) is 11.0 Å². The van der Waals surface area contributed by atoms with Crippen molar-refractivity contribution in [2.45, 2.75) is 18.5 Å². The Labute approximate surface area is 193 Å². The highest BCUT2D eigenvalue weighted by Crippen LogP contribution is 2.31. The van der Waals surface area contributed by atoms with E-state index in [9.17, 15) is 18.0 Å². The number of nitrogens with zero attached hydrogens (tertiary/aromatic N) is 3. The molecule has 9 heteroatoms. The summed E-state index contributed by atoms with van der Waals surface area (Å²) in [6.07, 6.45) is 1.09. The molecule has 0 saturated carbocycles. The zero-order chi connectivity index (χ0) is 22.3. The molecule has 2 heterocycles. The number of carbonyl (C=O) groups is 1. The lowest BCUT2D eigenvalue weighted by molar-refractivity contribution is 0.0319. The number of carbonyl (C=O) groups excluding carboxylic acids is 1. The Morgan fingerprint density at radius 1 is 1.10 bits per heavy atom. The average molecular weight is 544 g/mol. The van der Waals surface area contributed by atoms with E-state index in [2.05, 4.69) is 29.2 Å². The molecule has 0 radical (unpaired) electrons. The van der Waals surface area contributed by atoms with Gasteiger partial charge >= 0.3 is 0 Å². The van der Waals surface area contributed by atoms with Gasteiger partial charge in [0.2, 0.25) is 0 Å². The molecule has 1 N–H and O–H groups in total. The maximum atomic E-state index is 14.6. The molecule has 0 bridgehead atoms. The van der Waals surface area contributed by atoms with Crippen LogP contribution in [0.25, 0.3) is 0 Å². The number of likely N-dealkylation sites (tertiary alicyclic amines) is 2. The molecule has 0 aliphatic carbocycles. The first kappa shape index (κ1) is 22.3. The van der Waals surface area contributed by atoms with Crippen LogP contribution in [0.5, 0.6) is 0 Å². The van der Waals surface area contributed by atoms with Crippen LogP contribution < -0.4 is 5.32 Å². The maximum Gasteiger partial charge on any atom is 0.256 e. The van der Waals surface area contributed by atoms with Crippen molar-refractivity contribution in [3.05, 3.63) is 56.9 Å². The Hall–Kier alpha value is -1.85. The third kappa shape index (κ3) is 4.54. The summed E-state index contributed by atoms with van der Waals surface area (Å²) in [5, 5.41) is 2.59. The zero-order valence-corrected chi connectivity index (χ0v) is 19.5. The number of hydrogen-bond acceptors (Lipinski definition) is 4. The van der Waals surface area contributed by atoms with Gasteiger partial charge < -0.3 is 15.1 Å². The lowest BCUT2D eigenvalue weighted by atomic mass is 10.0. The first-order valence-corrected chi connectivity index (χ1v) is 11.2. The van der Waals surface area contributed by atoms with Gasteiger partial charge in [0.1, 0.15) is 5.82 Å². The topological polar surface area (TPSA) is 38.8 Å². The molecule has 2 saturated heterocycles. The van der Waals surface area contributed by atoms with Crippen LogP contribution in [0.15, 0.2) is 30.3 Å². The highest BCUT2D eigenvalue weighted by Gasteiger charge is 2.39. The Bertz CT molecular complexity index is 997. The van der Waals surface area contributed by atoms with Gasteiger partial charge in [0, 0.05) is 41.8 Å². The minimum atomic E-state index is -1.20. The Morgan fingerprint density at radius 3 is 2.48 bits per heavy atom. The molecule has 1 unspecified atom stereocenters. The number of amides is 1. The Balaban J connectivity index is 1.50. The summed E-state index contributed by atoms with van der Waals surface area (Å²) in [6.45, 7) is 3.02. The number of rotatable bonds is 5. The fourth-order valence-corrected chi connectivity index (χ4v) is 4.57. The van der Waals surface area contributed by atoms with Crippen molar-refractivity contribution in [3.8, 4) is 0 Å². The normalized spacial score (nSPS) is 19.7. The molecule has 2 aromatic carbocycles. The lowest BCUT2D eigenvalue weighted by Crippen LogP contribution is -2.60. The fraction of sp³-hybridized carbons (Fsp3) is 0.409. The van der Waals surface area contributed by atoms with Crippen LogP contribution in [-0.4, -0.2) is 73.0 Å². The van der Waals surface area contributed by atoms with Crippen molar-refractivity contribution in [2.75, 3.05) is 45.6 Å². The van der Waals surface area contributed by atoms with E-state index in [4.69, 9.17) is 0 Å². The summed E-state index contributed by atoms with van der Waals surface area (Å²) in [5.41, 5.74) is -0.377. The van der Waals surface area contributed by atoms with Crippen LogP contribution in [-0.2, 0) is 0 Å². The van der Waals surface area contributed by atoms with Crippen LogP contribution in [0, 0.1) is 21.0 Å². The molecule has 2 aliphatic rings. The minimum Gasteiger partial charge on any atom is -0.350 e. The van der Waals surface area contributed by atoms with E-state index < -0.39 is 23.4 Å². The second-order valence-electron chi connectivity index (χ2n) is 8.30. The first-order chi connectivity index (χ1) is 14.7. The number of likely N-dealkylation sites (N-methyl/N-ethyl adjacent to an activating group) is 1. The predicted molar refractivity (Wildman–Crippen MR) is 122 cm³/mol. The third-order valence-electron chi connectivity index (χ3n) is 6.11. The third-order valence-corrected chi connectivity index (χ3v) is 6.78. The van der Waals surface area contributed by atoms with Gasteiger partial charge in [-0.3, -0.25) is 9.69 Å². The van der Waals surface area contributed by atoms with Crippen LogP contribution in [0.3, 0.4) is 0 Å². The summed E-state index contributed by atoms with van der Waals surface area (Å²) in [4.78, 5) is 19.3. The first-order valence-electron chi connectivity index (χ1n) is 10.1. The highest BCUT2D eigenvalue weighted by molar-refractivity contribution is 14.1. The monoisotopic (exact) mass is 544 g/mol. The molecule has 0 aromatic heterocycles. The van der Waals surface area contributed by atoms with Crippen molar-refractivity contribution in [1.29, 1.82) is 0 Å².